The van der Waals surface area contributed by atoms with E-state index in [1.54, 1.807) is 37.3 Å². The van der Waals surface area contributed by atoms with Crippen molar-refractivity contribution in [1.29, 1.82) is 0 Å². The average molecular weight is 493 g/mol. The zero-order chi connectivity index (χ0) is 23.9. The van der Waals surface area contributed by atoms with Gasteiger partial charge in [-0.1, -0.05) is 12.1 Å². The molecule has 9 heteroatoms. The highest BCUT2D eigenvalue weighted by molar-refractivity contribution is 7.92. The number of hydrogen-bond donors (Lipinski definition) is 1. The van der Waals surface area contributed by atoms with Crippen LogP contribution < -0.4 is 4.72 Å². The Morgan fingerprint density at radius 2 is 1.85 bits per heavy atom. The molecule has 2 aromatic heterocycles. The van der Waals surface area contributed by atoms with Gasteiger partial charge < -0.3 is 9.15 Å². The molecule has 0 fully saturated rings. The summed E-state index contributed by atoms with van der Waals surface area (Å²) in [5.74, 6) is -0.503. The van der Waals surface area contributed by atoms with Crippen molar-refractivity contribution in [1.82, 2.24) is 4.98 Å². The number of carbonyl (C=O) groups excluding carboxylic acids is 1. The van der Waals surface area contributed by atoms with Gasteiger partial charge in [-0.15, -0.1) is 11.3 Å². The number of rotatable bonds is 6. The van der Waals surface area contributed by atoms with Crippen molar-refractivity contribution in [3.05, 3.63) is 78.1 Å². The first-order chi connectivity index (χ1) is 16.4. The van der Waals surface area contributed by atoms with Crippen LogP contribution in [-0.4, -0.2) is 26.0 Å². The first-order valence-electron chi connectivity index (χ1n) is 10.5. The predicted octanol–water partition coefficient (Wildman–Crippen LogP) is 6.00. The minimum absolute atomic E-state index is 0.0644. The second-order valence-electron chi connectivity index (χ2n) is 7.60. The fraction of sp³-hybridized carbons (Fsp3) is 0.120. The van der Waals surface area contributed by atoms with E-state index in [0.717, 1.165) is 20.8 Å². The summed E-state index contributed by atoms with van der Waals surface area (Å²) in [6.45, 7) is 3.62. The van der Waals surface area contributed by atoms with Gasteiger partial charge in [-0.05, 0) is 68.4 Å². The first-order valence-corrected chi connectivity index (χ1v) is 12.8. The SMILES string of the molecule is CCOC(=O)c1oc2ccc(S(=O)(=O)Nc3ccc(-c4nc5ccccc5s4)cc3)cc2c1C. The topological polar surface area (TPSA) is 98.5 Å². The van der Waals surface area contributed by atoms with E-state index in [2.05, 4.69) is 9.71 Å². The molecule has 34 heavy (non-hydrogen) atoms. The highest BCUT2D eigenvalue weighted by Gasteiger charge is 2.22. The summed E-state index contributed by atoms with van der Waals surface area (Å²) in [7, 11) is -3.86. The van der Waals surface area contributed by atoms with Crippen LogP contribution in [0.1, 0.15) is 23.0 Å². The molecule has 5 rings (SSSR count). The minimum atomic E-state index is -3.86. The fourth-order valence-corrected chi connectivity index (χ4v) is 5.70. The zero-order valence-electron chi connectivity index (χ0n) is 18.4. The minimum Gasteiger partial charge on any atom is -0.460 e. The Kier molecular flexibility index (Phi) is 5.59. The van der Waals surface area contributed by atoms with E-state index in [0.29, 0.717) is 22.2 Å². The monoisotopic (exact) mass is 492 g/mol. The molecule has 2 heterocycles. The number of carbonyl (C=O) groups is 1. The molecule has 0 unspecified atom stereocenters. The van der Waals surface area contributed by atoms with Crippen molar-refractivity contribution in [2.45, 2.75) is 18.7 Å². The van der Waals surface area contributed by atoms with E-state index >= 15 is 0 Å². The normalized spacial score (nSPS) is 11.7. The Labute approximate surface area is 200 Å². The van der Waals surface area contributed by atoms with Crippen LogP contribution in [0.25, 0.3) is 31.8 Å². The maximum atomic E-state index is 13.0. The number of anilines is 1. The molecule has 172 valence electrons. The number of aromatic nitrogens is 1. The van der Waals surface area contributed by atoms with Crippen LogP contribution in [0.5, 0.6) is 0 Å². The van der Waals surface area contributed by atoms with Crippen molar-refractivity contribution in [3.63, 3.8) is 0 Å². The van der Waals surface area contributed by atoms with Gasteiger partial charge >= 0.3 is 5.97 Å². The third kappa shape index (κ3) is 4.04. The molecule has 0 saturated heterocycles. The number of nitrogens with zero attached hydrogens (tertiary/aromatic N) is 1. The van der Waals surface area contributed by atoms with E-state index in [1.165, 1.54) is 18.2 Å². The number of ether oxygens (including phenoxy) is 1. The summed E-state index contributed by atoms with van der Waals surface area (Å²) >= 11 is 1.58. The predicted molar refractivity (Wildman–Crippen MR) is 133 cm³/mol. The van der Waals surface area contributed by atoms with Crippen LogP contribution in [-0.2, 0) is 14.8 Å². The zero-order valence-corrected chi connectivity index (χ0v) is 20.0. The lowest BCUT2D eigenvalue weighted by Gasteiger charge is -2.09. The lowest BCUT2D eigenvalue weighted by molar-refractivity contribution is 0.0491. The van der Waals surface area contributed by atoms with Crippen molar-refractivity contribution in [2.75, 3.05) is 11.3 Å². The molecule has 1 N–H and O–H groups in total. The standard InChI is InChI=1S/C25H20N2O5S2/c1-3-31-25(28)23-15(2)19-14-18(12-13-21(19)32-23)34(29,30)27-17-10-8-16(9-11-17)24-26-20-6-4-5-7-22(20)33-24/h4-14,27H,3H2,1-2H3. The molecular weight excluding hydrogens is 472 g/mol. The quantitative estimate of drug-likeness (QED) is 0.292. The average Bonchev–Trinajstić information content (AvgIpc) is 3.40. The molecule has 0 saturated carbocycles. The van der Waals surface area contributed by atoms with E-state index < -0.39 is 16.0 Å². The second-order valence-corrected chi connectivity index (χ2v) is 10.3. The Morgan fingerprint density at radius 3 is 2.59 bits per heavy atom. The van der Waals surface area contributed by atoms with Gasteiger partial charge in [0.25, 0.3) is 10.0 Å². The van der Waals surface area contributed by atoms with Crippen molar-refractivity contribution >= 4 is 54.2 Å². The molecule has 0 bridgehead atoms. The summed E-state index contributed by atoms with van der Waals surface area (Å²) in [5, 5.41) is 1.41. The van der Waals surface area contributed by atoms with Gasteiger partial charge in [0, 0.05) is 22.2 Å². The van der Waals surface area contributed by atoms with Crippen molar-refractivity contribution in [2.24, 2.45) is 0 Å². The molecule has 0 amide bonds. The van der Waals surface area contributed by atoms with Crippen LogP contribution in [0.15, 0.2) is 76.0 Å². The number of para-hydroxylation sites is 1. The summed E-state index contributed by atoms with van der Waals surface area (Å²) in [6, 6.07) is 19.5. The second kappa shape index (κ2) is 8.58. The number of esters is 1. The number of aryl methyl sites for hydroxylation is 1. The van der Waals surface area contributed by atoms with Crippen LogP contribution in [0.3, 0.4) is 0 Å². The smallest absolute Gasteiger partial charge is 0.374 e. The fourth-order valence-electron chi connectivity index (χ4n) is 3.65. The van der Waals surface area contributed by atoms with Gasteiger partial charge in [-0.2, -0.15) is 0 Å². The van der Waals surface area contributed by atoms with Gasteiger partial charge in [0.15, 0.2) is 0 Å². The number of thiazole rings is 1. The molecule has 0 aliphatic heterocycles. The van der Waals surface area contributed by atoms with Gasteiger partial charge in [-0.3, -0.25) is 4.72 Å². The Bertz CT molecular complexity index is 1600. The number of fused-ring (bicyclic) bond motifs is 2. The molecule has 5 aromatic rings. The van der Waals surface area contributed by atoms with Crippen molar-refractivity contribution in [3.8, 4) is 10.6 Å². The van der Waals surface area contributed by atoms with Gasteiger partial charge in [0.05, 0.1) is 21.7 Å². The van der Waals surface area contributed by atoms with Crippen LogP contribution in [0.4, 0.5) is 5.69 Å². The molecule has 7 nitrogen and oxygen atoms in total. The lowest BCUT2D eigenvalue weighted by atomic mass is 10.1. The van der Waals surface area contributed by atoms with Gasteiger partial charge in [0.2, 0.25) is 5.76 Å². The number of benzene rings is 3. The maximum Gasteiger partial charge on any atom is 0.374 e. The summed E-state index contributed by atoms with van der Waals surface area (Å²) in [4.78, 5) is 16.8. The highest BCUT2D eigenvalue weighted by atomic mass is 32.2. The number of furan rings is 1. The van der Waals surface area contributed by atoms with Crippen molar-refractivity contribution < 1.29 is 22.4 Å². The molecule has 3 aromatic carbocycles. The Hall–Kier alpha value is -3.69. The largest absolute Gasteiger partial charge is 0.460 e. The van der Waals surface area contributed by atoms with E-state index in [9.17, 15) is 13.2 Å². The lowest BCUT2D eigenvalue weighted by Crippen LogP contribution is -2.12. The molecule has 0 aliphatic carbocycles. The number of hydrogen-bond acceptors (Lipinski definition) is 7. The molecule has 0 spiro atoms. The van der Waals surface area contributed by atoms with Gasteiger partial charge in [0.1, 0.15) is 10.6 Å². The molecule has 0 radical (unpaired) electrons. The summed E-state index contributed by atoms with van der Waals surface area (Å²) in [6.07, 6.45) is 0. The summed E-state index contributed by atoms with van der Waals surface area (Å²) in [5.41, 5.74) is 3.22. The Balaban J connectivity index is 1.40. The van der Waals surface area contributed by atoms with Gasteiger partial charge in [-0.25, -0.2) is 18.2 Å². The first kappa shape index (κ1) is 22.1. The molecule has 0 atom stereocenters. The highest BCUT2D eigenvalue weighted by Crippen LogP contribution is 2.32. The Morgan fingerprint density at radius 1 is 1.09 bits per heavy atom. The number of sulfonamides is 1. The van der Waals surface area contributed by atoms with Crippen LogP contribution >= 0.6 is 11.3 Å². The summed E-state index contributed by atoms with van der Waals surface area (Å²) < 4.78 is 40.3. The van der Waals surface area contributed by atoms with Crippen LogP contribution in [0, 0.1) is 6.92 Å². The third-order valence-corrected chi connectivity index (χ3v) is 7.82. The third-order valence-electron chi connectivity index (χ3n) is 5.36. The number of nitrogens with one attached hydrogen (secondary N) is 1. The molecular formula is C25H20N2O5S2. The van der Waals surface area contributed by atoms with E-state index in [-0.39, 0.29) is 17.3 Å². The van der Waals surface area contributed by atoms with E-state index in [4.69, 9.17) is 9.15 Å². The van der Waals surface area contributed by atoms with Crippen LogP contribution in [0.2, 0.25) is 0 Å². The maximum absolute atomic E-state index is 13.0. The molecule has 0 aliphatic rings. The van der Waals surface area contributed by atoms with E-state index in [1.807, 2.05) is 36.4 Å².